The van der Waals surface area contributed by atoms with Gasteiger partial charge in [0.05, 0.1) is 17.5 Å². The highest BCUT2D eigenvalue weighted by Crippen LogP contribution is 2.54. The molecule has 0 aromatic carbocycles. The molecular formula is C17H17N9O5S3. The molecule has 2 atom stereocenters. The van der Waals surface area contributed by atoms with Gasteiger partial charge in [-0.2, -0.15) is 0 Å². The number of thiazole rings is 1. The first-order valence-corrected chi connectivity index (χ1v) is 12.1. The van der Waals surface area contributed by atoms with Gasteiger partial charge in [0.15, 0.2) is 15.2 Å². The van der Waals surface area contributed by atoms with Gasteiger partial charge in [-0.3, -0.25) is 14.5 Å². The van der Waals surface area contributed by atoms with Crippen LogP contribution in [0.2, 0.25) is 0 Å². The van der Waals surface area contributed by atoms with Gasteiger partial charge in [0.1, 0.15) is 23.5 Å². The number of carbonyl (C=O) groups excluding carboxylic acids is 2. The monoisotopic (exact) mass is 523 g/mol. The molecule has 178 valence electrons. The van der Waals surface area contributed by atoms with E-state index in [1.165, 1.54) is 6.07 Å². The Bertz CT molecular complexity index is 1230. The Morgan fingerprint density at radius 2 is 2.03 bits per heavy atom. The number of hydrogen-bond donors (Lipinski definition) is 6. The van der Waals surface area contributed by atoms with Crippen molar-refractivity contribution in [3.05, 3.63) is 28.4 Å². The van der Waals surface area contributed by atoms with Crippen LogP contribution in [-0.2, 0) is 19.3 Å². The lowest BCUT2D eigenvalue weighted by molar-refractivity contribution is -0.146. The smallest absolute Gasteiger partial charge is 0.352 e. The highest BCUT2D eigenvalue weighted by atomic mass is 32.2. The summed E-state index contributed by atoms with van der Waals surface area (Å²) >= 11 is 3.21. The Kier molecular flexibility index (Phi) is 6.24. The topological polar surface area (TPSA) is 236 Å². The molecule has 4 heterocycles. The number of carbonyl (C=O) groups is 3. The molecule has 0 aliphatic carbocycles. The minimum Gasteiger partial charge on any atom is -0.477 e. The second kappa shape index (κ2) is 8.99. The number of β-lactam (4-membered cyclic amide) rings is 1. The molecule has 0 bridgehead atoms. The van der Waals surface area contributed by atoms with Crippen molar-refractivity contribution in [1.82, 2.24) is 25.2 Å². The summed E-state index contributed by atoms with van der Waals surface area (Å²) < 4.78 is 0. The molecule has 4 rings (SSSR count). The number of thioether (sulfide) groups is 2. The number of oxime groups is 1. The van der Waals surface area contributed by atoms with Crippen molar-refractivity contribution in [2.45, 2.75) is 21.8 Å². The Balaban J connectivity index is 1.89. The van der Waals surface area contributed by atoms with Crippen LogP contribution < -0.4 is 22.5 Å². The maximum absolute atomic E-state index is 12.5. The number of amides is 2. The highest BCUT2D eigenvalue weighted by Gasteiger charge is 2.56. The minimum atomic E-state index is -1.55. The van der Waals surface area contributed by atoms with E-state index in [0.717, 1.165) is 39.8 Å². The van der Waals surface area contributed by atoms with Crippen LogP contribution in [0.5, 0.6) is 0 Å². The van der Waals surface area contributed by atoms with E-state index < -0.39 is 22.1 Å². The summed E-state index contributed by atoms with van der Waals surface area (Å²) in [5.41, 5.74) is 17.4. The lowest BCUT2D eigenvalue weighted by Crippen LogP contribution is -2.61. The fourth-order valence-corrected chi connectivity index (χ4v) is 6.90. The van der Waals surface area contributed by atoms with E-state index in [-0.39, 0.29) is 57.0 Å². The van der Waals surface area contributed by atoms with Crippen LogP contribution >= 0.6 is 34.9 Å². The molecule has 0 radical (unpaired) electrons. The summed E-state index contributed by atoms with van der Waals surface area (Å²) in [6.07, 6.45) is 0.686. The second-order valence-corrected chi connectivity index (χ2v) is 10.2. The van der Waals surface area contributed by atoms with Crippen LogP contribution in [0.15, 0.2) is 33.0 Å². The number of rotatable bonds is 7. The number of carboxylic acids is 1. The van der Waals surface area contributed by atoms with Crippen LogP contribution in [0.1, 0.15) is 12.1 Å². The molecule has 2 aliphatic heterocycles. The highest BCUT2D eigenvalue weighted by molar-refractivity contribution is 8.01. The Morgan fingerprint density at radius 3 is 2.59 bits per heavy atom. The third-order valence-electron chi connectivity index (χ3n) is 4.82. The number of nitrogens with zero attached hydrogens (tertiary/aromatic N) is 5. The van der Waals surface area contributed by atoms with Crippen LogP contribution in [0.4, 0.5) is 16.8 Å². The van der Waals surface area contributed by atoms with E-state index in [1.807, 2.05) is 0 Å². The Morgan fingerprint density at radius 1 is 1.32 bits per heavy atom. The lowest BCUT2D eigenvalue weighted by Gasteiger charge is -2.51. The van der Waals surface area contributed by atoms with E-state index in [2.05, 4.69) is 25.4 Å². The molecule has 2 aromatic rings. The fourth-order valence-electron chi connectivity index (χ4n) is 3.49. The molecule has 0 saturated carbocycles. The molecule has 1 unspecified atom stereocenters. The van der Waals surface area contributed by atoms with Crippen LogP contribution in [0.3, 0.4) is 0 Å². The number of aromatic nitrogens is 3. The van der Waals surface area contributed by atoms with E-state index in [4.69, 9.17) is 22.4 Å². The van der Waals surface area contributed by atoms with Gasteiger partial charge in [0.25, 0.3) is 5.91 Å². The summed E-state index contributed by atoms with van der Waals surface area (Å²) in [6, 6.07) is 1.36. The van der Waals surface area contributed by atoms with Gasteiger partial charge in [-0.15, -0.1) is 11.3 Å². The average Bonchev–Trinajstić information content (AvgIpc) is 3.18. The van der Waals surface area contributed by atoms with E-state index in [9.17, 15) is 19.5 Å². The van der Waals surface area contributed by atoms with Gasteiger partial charge in [-0.1, -0.05) is 28.7 Å². The number of anilines is 3. The van der Waals surface area contributed by atoms with Gasteiger partial charge in [0, 0.05) is 22.8 Å². The summed E-state index contributed by atoms with van der Waals surface area (Å²) in [5.74, 6) is -2.44. The van der Waals surface area contributed by atoms with Gasteiger partial charge in [-0.25, -0.2) is 19.7 Å². The molecule has 1 fully saturated rings. The molecule has 9 N–H and O–H groups in total. The van der Waals surface area contributed by atoms with Crippen LogP contribution in [0.25, 0.3) is 0 Å². The molecule has 0 spiro atoms. The maximum atomic E-state index is 12.5. The summed E-state index contributed by atoms with van der Waals surface area (Å²) in [4.78, 5) is 49.3. The quantitative estimate of drug-likeness (QED) is 0.0692. The van der Waals surface area contributed by atoms with Crippen molar-refractivity contribution in [3.8, 4) is 0 Å². The van der Waals surface area contributed by atoms with Crippen molar-refractivity contribution in [3.63, 3.8) is 0 Å². The van der Waals surface area contributed by atoms with Crippen LogP contribution in [-0.4, -0.2) is 65.3 Å². The van der Waals surface area contributed by atoms with Crippen molar-refractivity contribution in [2.75, 3.05) is 23.0 Å². The SMILES string of the molecule is Nc1cc(N)nc(SCC2=C(C(=O)O)N3C(=O)C[C@@H]3SC2(NC(=O)C=NO)c2csc(N)n2)n1. The number of nitrogens with two attached hydrogens (primary N) is 3. The summed E-state index contributed by atoms with van der Waals surface area (Å²) in [5, 5.41) is 25.7. The summed E-state index contributed by atoms with van der Waals surface area (Å²) in [6.45, 7) is 0. The molecule has 14 nitrogen and oxygen atoms in total. The number of nitrogens with one attached hydrogen (secondary N) is 1. The number of carboxylic acid groups (broad SMARTS) is 1. The number of nitrogen functional groups attached to an aromatic ring is 3. The predicted molar refractivity (Wildman–Crippen MR) is 126 cm³/mol. The second-order valence-electron chi connectivity index (χ2n) is 6.95. The molecule has 1 saturated heterocycles. The largest absolute Gasteiger partial charge is 0.477 e. The van der Waals surface area contributed by atoms with Crippen molar-refractivity contribution in [1.29, 1.82) is 0 Å². The number of fused-ring (bicyclic) bond motifs is 1. The zero-order valence-corrected chi connectivity index (χ0v) is 19.5. The third-order valence-corrected chi connectivity index (χ3v) is 7.93. The first-order chi connectivity index (χ1) is 16.1. The van der Waals surface area contributed by atoms with Gasteiger partial charge in [-0.05, 0) is 0 Å². The van der Waals surface area contributed by atoms with E-state index in [0.29, 0.717) is 6.21 Å². The average molecular weight is 524 g/mol. The molecule has 17 heteroatoms. The van der Waals surface area contributed by atoms with Crippen LogP contribution in [0, 0.1) is 0 Å². The number of hydrogen-bond acceptors (Lipinski definition) is 14. The van der Waals surface area contributed by atoms with Gasteiger partial charge < -0.3 is 32.8 Å². The molecule has 2 aromatic heterocycles. The first-order valence-electron chi connectivity index (χ1n) is 9.35. The normalized spacial score (nSPS) is 21.9. The summed E-state index contributed by atoms with van der Waals surface area (Å²) in [7, 11) is 0. The Labute approximate surface area is 203 Å². The number of aliphatic carboxylic acids is 1. The zero-order chi connectivity index (χ0) is 24.6. The van der Waals surface area contributed by atoms with Gasteiger partial charge >= 0.3 is 5.97 Å². The zero-order valence-electron chi connectivity index (χ0n) is 17.0. The Hall–Kier alpha value is -3.57. The van der Waals surface area contributed by atoms with E-state index >= 15 is 0 Å². The van der Waals surface area contributed by atoms with Crippen molar-refractivity contribution >= 4 is 75.6 Å². The standard InChI is InChI=1S/C17H17N9O5S3/c18-8-1-9(19)24-16(23-8)33-4-6-13(14(29)30)26-11(28)2-12(26)34-17(6,25-10(27)3-21-31)7-5-32-15(20)22-7/h1,3,5,12,31H,2,4H2,(H2,20,22)(H,25,27)(H,29,30)(H4,18,19,23,24)/t12-,17?/m0/s1. The molecule has 2 aliphatic rings. The lowest BCUT2D eigenvalue weighted by atomic mass is 9.98. The fraction of sp³-hybridized carbons (Fsp3) is 0.235. The third kappa shape index (κ3) is 4.19. The molecular weight excluding hydrogens is 506 g/mol. The predicted octanol–water partition coefficient (Wildman–Crippen LogP) is -0.155. The maximum Gasteiger partial charge on any atom is 0.352 e. The van der Waals surface area contributed by atoms with Gasteiger partial charge in [0.2, 0.25) is 5.91 Å². The van der Waals surface area contributed by atoms with E-state index in [1.54, 1.807) is 5.38 Å². The van der Waals surface area contributed by atoms with Crippen molar-refractivity contribution in [2.24, 2.45) is 5.16 Å². The minimum absolute atomic E-state index is 0.0576. The molecule has 2 amide bonds. The van der Waals surface area contributed by atoms with Crippen molar-refractivity contribution < 1.29 is 24.7 Å². The molecule has 34 heavy (non-hydrogen) atoms. The first kappa shape index (κ1) is 23.6.